The van der Waals surface area contributed by atoms with Gasteiger partial charge in [0, 0.05) is 17.6 Å². The molecule has 1 saturated heterocycles. The van der Waals surface area contributed by atoms with Crippen LogP contribution in [0.25, 0.3) is 0 Å². The summed E-state index contributed by atoms with van der Waals surface area (Å²) in [7, 11) is 0. The zero-order valence-corrected chi connectivity index (χ0v) is 13.3. The lowest BCUT2D eigenvalue weighted by molar-refractivity contribution is -0.152. The van der Waals surface area contributed by atoms with Gasteiger partial charge in [0.2, 0.25) is 0 Å². The molecule has 0 unspecified atom stereocenters. The fraction of sp³-hybridized carbons (Fsp3) is 0.556. The van der Waals surface area contributed by atoms with Gasteiger partial charge in [0.05, 0.1) is 11.8 Å². The molecule has 0 aromatic rings. The topological polar surface area (TPSA) is 61.8 Å². The van der Waals surface area contributed by atoms with Crippen molar-refractivity contribution in [2.75, 3.05) is 0 Å². The number of carbonyl (C=O) groups is 2. The Balaban J connectivity index is 1.52. The zero-order valence-electron chi connectivity index (χ0n) is 13.3. The standard InChI is InChI=1S/C18H20O5/c1-9-4-3-5-11-7-12-13(18(20)23-16(12)15(9)11)8-21-14-6-10(2)17(19)22-14/h6,8-9,12,14,16H,3-5,7H2,1-2H3/b13-8+/t9-,12-,14-,16+/m0/s1. The van der Waals surface area contributed by atoms with Crippen LogP contribution in [0, 0.1) is 11.8 Å². The molecule has 122 valence electrons. The van der Waals surface area contributed by atoms with Gasteiger partial charge in [0.25, 0.3) is 6.29 Å². The van der Waals surface area contributed by atoms with Gasteiger partial charge in [-0.25, -0.2) is 9.59 Å². The first kappa shape index (κ1) is 14.5. The minimum atomic E-state index is -0.746. The fourth-order valence-electron chi connectivity index (χ4n) is 4.16. The van der Waals surface area contributed by atoms with Crippen LogP contribution < -0.4 is 0 Å². The highest BCUT2D eigenvalue weighted by Gasteiger charge is 2.49. The highest BCUT2D eigenvalue weighted by Crippen LogP contribution is 2.50. The molecule has 5 nitrogen and oxygen atoms in total. The summed E-state index contributed by atoms with van der Waals surface area (Å²) in [6.45, 7) is 3.89. The summed E-state index contributed by atoms with van der Waals surface area (Å²) < 4.78 is 16.1. The number of allylic oxidation sites excluding steroid dienone is 1. The molecule has 0 saturated carbocycles. The summed E-state index contributed by atoms with van der Waals surface area (Å²) >= 11 is 0. The lowest BCUT2D eigenvalue weighted by Gasteiger charge is -2.24. The van der Waals surface area contributed by atoms with E-state index in [-0.39, 0.29) is 24.0 Å². The summed E-state index contributed by atoms with van der Waals surface area (Å²) in [6, 6.07) is 0. The van der Waals surface area contributed by atoms with Crippen LogP contribution in [-0.4, -0.2) is 24.3 Å². The smallest absolute Gasteiger partial charge is 0.338 e. The lowest BCUT2D eigenvalue weighted by Crippen LogP contribution is -2.19. The SMILES string of the molecule is CC1=C[C@@H](O/C=C2/C(=O)O[C@H]3C4=C(CCC[C@@H]4C)C[C@@H]23)OC1=O. The monoisotopic (exact) mass is 316 g/mol. The summed E-state index contributed by atoms with van der Waals surface area (Å²) in [6.07, 6.45) is 6.55. The summed E-state index contributed by atoms with van der Waals surface area (Å²) in [5.74, 6) is -0.153. The second-order valence-corrected chi connectivity index (χ2v) is 6.82. The molecular formula is C18H20O5. The molecule has 2 aliphatic carbocycles. The van der Waals surface area contributed by atoms with E-state index in [2.05, 4.69) is 6.92 Å². The van der Waals surface area contributed by atoms with Gasteiger partial charge in [0.1, 0.15) is 6.10 Å². The number of ether oxygens (including phenoxy) is 3. The van der Waals surface area contributed by atoms with E-state index in [9.17, 15) is 9.59 Å². The predicted molar refractivity (Wildman–Crippen MR) is 80.8 cm³/mol. The number of rotatable bonds is 2. The van der Waals surface area contributed by atoms with Crippen molar-refractivity contribution in [2.24, 2.45) is 11.8 Å². The van der Waals surface area contributed by atoms with Gasteiger partial charge in [-0.15, -0.1) is 0 Å². The Morgan fingerprint density at radius 3 is 2.83 bits per heavy atom. The highest BCUT2D eigenvalue weighted by atomic mass is 16.7. The van der Waals surface area contributed by atoms with Gasteiger partial charge in [-0.2, -0.15) is 0 Å². The molecule has 0 aromatic carbocycles. The summed E-state index contributed by atoms with van der Waals surface area (Å²) in [5, 5.41) is 0. The third-order valence-electron chi connectivity index (χ3n) is 5.32. The first-order chi connectivity index (χ1) is 11.0. The molecule has 4 aliphatic rings. The van der Waals surface area contributed by atoms with Crippen LogP contribution >= 0.6 is 0 Å². The molecule has 0 spiro atoms. The molecule has 4 rings (SSSR count). The number of hydrogen-bond donors (Lipinski definition) is 0. The Bertz CT molecular complexity index is 669. The predicted octanol–water partition coefficient (Wildman–Crippen LogP) is 2.78. The average molecular weight is 316 g/mol. The zero-order chi connectivity index (χ0) is 16.1. The van der Waals surface area contributed by atoms with E-state index in [1.807, 2.05) is 0 Å². The van der Waals surface area contributed by atoms with E-state index in [4.69, 9.17) is 14.2 Å². The van der Waals surface area contributed by atoms with Crippen LogP contribution in [-0.2, 0) is 23.8 Å². The maximum absolute atomic E-state index is 12.2. The first-order valence-corrected chi connectivity index (χ1v) is 8.22. The summed E-state index contributed by atoms with van der Waals surface area (Å²) in [4.78, 5) is 23.5. The van der Waals surface area contributed by atoms with Gasteiger partial charge in [-0.1, -0.05) is 12.5 Å². The van der Waals surface area contributed by atoms with Gasteiger partial charge < -0.3 is 14.2 Å². The maximum atomic E-state index is 12.2. The summed E-state index contributed by atoms with van der Waals surface area (Å²) in [5.41, 5.74) is 3.87. The first-order valence-electron chi connectivity index (χ1n) is 8.22. The van der Waals surface area contributed by atoms with Crippen molar-refractivity contribution in [2.45, 2.75) is 51.9 Å². The van der Waals surface area contributed by atoms with E-state index < -0.39 is 6.29 Å². The highest BCUT2D eigenvalue weighted by molar-refractivity contribution is 5.92. The van der Waals surface area contributed by atoms with E-state index in [1.54, 1.807) is 13.0 Å². The molecule has 0 amide bonds. The van der Waals surface area contributed by atoms with Crippen LogP contribution in [0.3, 0.4) is 0 Å². The Labute approximate surface area is 135 Å². The molecular weight excluding hydrogens is 296 g/mol. The average Bonchev–Trinajstić information content (AvgIpc) is 3.10. The van der Waals surface area contributed by atoms with Crippen LogP contribution in [0.1, 0.15) is 39.5 Å². The molecule has 0 bridgehead atoms. The van der Waals surface area contributed by atoms with Crippen LogP contribution in [0.2, 0.25) is 0 Å². The molecule has 0 N–H and O–H groups in total. The van der Waals surface area contributed by atoms with Gasteiger partial charge in [-0.3, -0.25) is 0 Å². The number of cyclic esters (lactones) is 1. The molecule has 23 heavy (non-hydrogen) atoms. The van der Waals surface area contributed by atoms with Crippen molar-refractivity contribution in [3.63, 3.8) is 0 Å². The van der Waals surface area contributed by atoms with E-state index in [0.29, 0.717) is 17.1 Å². The van der Waals surface area contributed by atoms with Crippen molar-refractivity contribution in [3.8, 4) is 0 Å². The molecule has 2 heterocycles. The minimum Gasteiger partial charge on any atom is -0.458 e. The van der Waals surface area contributed by atoms with E-state index in [0.717, 1.165) is 19.3 Å². The number of carbonyl (C=O) groups excluding carboxylic acids is 2. The van der Waals surface area contributed by atoms with Crippen molar-refractivity contribution < 1.29 is 23.8 Å². The number of hydrogen-bond acceptors (Lipinski definition) is 5. The Morgan fingerprint density at radius 1 is 1.26 bits per heavy atom. The minimum absolute atomic E-state index is 0.0511. The molecule has 0 aromatic heterocycles. The van der Waals surface area contributed by atoms with Crippen molar-refractivity contribution >= 4 is 11.9 Å². The maximum Gasteiger partial charge on any atom is 0.338 e. The number of esters is 2. The van der Waals surface area contributed by atoms with Gasteiger partial charge in [-0.05, 0) is 44.1 Å². The Kier molecular flexibility index (Phi) is 3.32. The second kappa shape index (κ2) is 5.25. The Morgan fingerprint density at radius 2 is 2.09 bits per heavy atom. The second-order valence-electron chi connectivity index (χ2n) is 6.82. The largest absolute Gasteiger partial charge is 0.458 e. The van der Waals surface area contributed by atoms with Crippen molar-refractivity contribution in [1.82, 2.24) is 0 Å². The van der Waals surface area contributed by atoms with E-state index in [1.165, 1.54) is 23.8 Å². The van der Waals surface area contributed by atoms with Crippen molar-refractivity contribution in [3.05, 3.63) is 34.6 Å². The van der Waals surface area contributed by atoms with Crippen LogP contribution in [0.4, 0.5) is 0 Å². The quantitative estimate of drug-likeness (QED) is 0.339. The lowest BCUT2D eigenvalue weighted by atomic mass is 9.84. The van der Waals surface area contributed by atoms with Crippen molar-refractivity contribution in [1.29, 1.82) is 0 Å². The van der Waals surface area contributed by atoms with Crippen LogP contribution in [0.15, 0.2) is 34.6 Å². The van der Waals surface area contributed by atoms with E-state index >= 15 is 0 Å². The third kappa shape index (κ3) is 2.30. The third-order valence-corrected chi connectivity index (χ3v) is 5.32. The Hall–Kier alpha value is -2.04. The molecule has 5 heteroatoms. The molecule has 1 fully saturated rings. The van der Waals surface area contributed by atoms with Gasteiger partial charge in [0.15, 0.2) is 0 Å². The molecule has 4 atom stereocenters. The van der Waals surface area contributed by atoms with Gasteiger partial charge >= 0.3 is 11.9 Å². The van der Waals surface area contributed by atoms with Crippen LogP contribution in [0.5, 0.6) is 0 Å². The number of fused-ring (bicyclic) bond motifs is 2. The molecule has 0 radical (unpaired) electrons. The fourth-order valence-corrected chi connectivity index (χ4v) is 4.16. The normalized spacial score (nSPS) is 37.5. The molecule has 2 aliphatic heterocycles.